The Morgan fingerprint density at radius 3 is 2.21 bits per heavy atom. The fraction of sp³-hybridized carbons (Fsp3) is 0.647. The Hall–Kier alpha value is -0.860. The van der Waals surface area contributed by atoms with Crippen molar-refractivity contribution in [3.8, 4) is 0 Å². The monoisotopic (exact) mass is 261 g/mol. The van der Waals surface area contributed by atoms with Gasteiger partial charge in [0.05, 0.1) is 6.10 Å². The lowest BCUT2D eigenvalue weighted by Crippen LogP contribution is -2.29. The zero-order chi connectivity index (χ0) is 14.2. The fourth-order valence-electron chi connectivity index (χ4n) is 3.06. The van der Waals surface area contributed by atoms with Crippen molar-refractivity contribution >= 4 is 0 Å². The van der Waals surface area contributed by atoms with E-state index in [-0.39, 0.29) is 17.6 Å². The van der Waals surface area contributed by atoms with E-state index in [0.29, 0.717) is 0 Å². The molecular weight excluding hydrogens is 234 g/mol. The van der Waals surface area contributed by atoms with Crippen LogP contribution >= 0.6 is 0 Å². The number of aliphatic hydroxyl groups is 1. The molecule has 2 nitrogen and oxygen atoms in total. The van der Waals surface area contributed by atoms with Gasteiger partial charge in [0, 0.05) is 6.04 Å². The topological polar surface area (TPSA) is 32.3 Å². The average Bonchev–Trinajstić information content (AvgIpc) is 2.79. The summed E-state index contributed by atoms with van der Waals surface area (Å²) >= 11 is 0. The Morgan fingerprint density at radius 1 is 1.21 bits per heavy atom. The summed E-state index contributed by atoms with van der Waals surface area (Å²) in [7, 11) is 0. The number of benzene rings is 1. The van der Waals surface area contributed by atoms with Gasteiger partial charge in [-0.05, 0) is 60.9 Å². The van der Waals surface area contributed by atoms with Crippen LogP contribution in [0.3, 0.4) is 0 Å². The minimum atomic E-state index is -0.378. The molecule has 0 spiro atoms. The van der Waals surface area contributed by atoms with Gasteiger partial charge >= 0.3 is 0 Å². The average molecular weight is 261 g/mol. The molecule has 1 saturated heterocycles. The molecule has 2 unspecified atom stereocenters. The molecule has 0 amide bonds. The van der Waals surface area contributed by atoms with Gasteiger partial charge in [0.15, 0.2) is 0 Å². The summed E-state index contributed by atoms with van der Waals surface area (Å²) in [4.78, 5) is 0. The zero-order valence-electron chi connectivity index (χ0n) is 12.9. The number of hydrogen-bond donors (Lipinski definition) is 2. The third kappa shape index (κ3) is 3.01. The molecule has 0 aromatic heterocycles. The Bertz CT molecular complexity index is 430. The molecule has 0 bridgehead atoms. The Balaban J connectivity index is 2.36. The molecule has 2 N–H and O–H groups in total. The van der Waals surface area contributed by atoms with E-state index < -0.39 is 0 Å². The SMILES string of the molecule is Cc1cc(C(C)(C)C)cc(C)c1C(O)C1CCCN1. The van der Waals surface area contributed by atoms with Crippen molar-refractivity contribution in [1.82, 2.24) is 5.32 Å². The molecule has 0 saturated carbocycles. The maximum absolute atomic E-state index is 10.6. The number of aryl methyl sites for hydroxylation is 2. The first-order chi connectivity index (χ1) is 8.80. The third-order valence-electron chi connectivity index (χ3n) is 4.24. The normalized spacial score (nSPS) is 21.7. The molecule has 1 heterocycles. The number of nitrogens with one attached hydrogen (secondary N) is 1. The second-order valence-electron chi connectivity index (χ2n) is 6.92. The lowest BCUT2D eigenvalue weighted by Gasteiger charge is -2.26. The van der Waals surface area contributed by atoms with E-state index in [0.717, 1.165) is 18.5 Å². The molecule has 1 aliphatic rings. The molecule has 1 aliphatic heterocycles. The van der Waals surface area contributed by atoms with Crippen LogP contribution in [0.2, 0.25) is 0 Å². The Kier molecular flexibility index (Phi) is 4.03. The summed E-state index contributed by atoms with van der Waals surface area (Å²) in [5.74, 6) is 0. The first-order valence-electron chi connectivity index (χ1n) is 7.34. The largest absolute Gasteiger partial charge is 0.387 e. The van der Waals surface area contributed by atoms with Crippen molar-refractivity contribution in [2.24, 2.45) is 0 Å². The lowest BCUT2D eigenvalue weighted by atomic mass is 9.82. The molecule has 1 aromatic carbocycles. The van der Waals surface area contributed by atoms with Crippen molar-refractivity contribution in [2.75, 3.05) is 6.54 Å². The van der Waals surface area contributed by atoms with Crippen molar-refractivity contribution in [3.05, 3.63) is 34.4 Å². The molecule has 0 radical (unpaired) electrons. The molecule has 106 valence electrons. The van der Waals surface area contributed by atoms with E-state index in [1.54, 1.807) is 0 Å². The highest BCUT2D eigenvalue weighted by atomic mass is 16.3. The molecule has 0 aliphatic carbocycles. The summed E-state index contributed by atoms with van der Waals surface area (Å²) in [5.41, 5.74) is 5.05. The molecular formula is C17H27NO. The van der Waals surface area contributed by atoms with Crippen LogP contribution in [0.15, 0.2) is 12.1 Å². The third-order valence-corrected chi connectivity index (χ3v) is 4.24. The minimum absolute atomic E-state index is 0.157. The summed E-state index contributed by atoms with van der Waals surface area (Å²) in [6.07, 6.45) is 1.86. The second kappa shape index (κ2) is 5.26. The number of hydrogen-bond acceptors (Lipinski definition) is 2. The van der Waals surface area contributed by atoms with E-state index in [1.807, 2.05) is 0 Å². The van der Waals surface area contributed by atoms with Crippen LogP contribution < -0.4 is 5.32 Å². The van der Waals surface area contributed by atoms with E-state index >= 15 is 0 Å². The van der Waals surface area contributed by atoms with Crippen molar-refractivity contribution in [2.45, 2.75) is 65.0 Å². The van der Waals surface area contributed by atoms with Crippen LogP contribution in [0.5, 0.6) is 0 Å². The molecule has 1 aromatic rings. The highest BCUT2D eigenvalue weighted by Crippen LogP contribution is 2.32. The first-order valence-corrected chi connectivity index (χ1v) is 7.34. The molecule has 2 atom stereocenters. The summed E-state index contributed by atoms with van der Waals surface area (Å²) in [6.45, 7) is 12.0. The maximum atomic E-state index is 10.6. The van der Waals surface area contributed by atoms with Crippen molar-refractivity contribution in [3.63, 3.8) is 0 Å². The van der Waals surface area contributed by atoms with E-state index in [9.17, 15) is 5.11 Å². The Labute approximate surface area is 117 Å². The predicted octanol–water partition coefficient (Wildman–Crippen LogP) is 3.39. The van der Waals surface area contributed by atoms with Crippen LogP contribution in [0.4, 0.5) is 0 Å². The summed E-state index contributed by atoms with van der Waals surface area (Å²) in [5, 5.41) is 14.0. The van der Waals surface area contributed by atoms with Gasteiger partial charge < -0.3 is 10.4 Å². The molecule has 2 rings (SSSR count). The van der Waals surface area contributed by atoms with E-state index in [2.05, 4.69) is 52.1 Å². The zero-order valence-corrected chi connectivity index (χ0v) is 12.9. The van der Waals surface area contributed by atoms with Gasteiger partial charge in [-0.25, -0.2) is 0 Å². The van der Waals surface area contributed by atoms with E-state index in [4.69, 9.17) is 0 Å². The summed E-state index contributed by atoms with van der Waals surface area (Å²) in [6, 6.07) is 4.69. The van der Waals surface area contributed by atoms with Crippen LogP contribution in [-0.4, -0.2) is 17.7 Å². The smallest absolute Gasteiger partial charge is 0.0948 e. The van der Waals surface area contributed by atoms with Gasteiger partial charge in [0.2, 0.25) is 0 Å². The molecule has 19 heavy (non-hydrogen) atoms. The summed E-state index contributed by atoms with van der Waals surface area (Å²) < 4.78 is 0. The minimum Gasteiger partial charge on any atom is -0.387 e. The number of rotatable bonds is 2. The van der Waals surface area contributed by atoms with Gasteiger partial charge in [-0.2, -0.15) is 0 Å². The van der Waals surface area contributed by atoms with Crippen LogP contribution in [0, 0.1) is 13.8 Å². The van der Waals surface area contributed by atoms with E-state index in [1.165, 1.54) is 23.1 Å². The maximum Gasteiger partial charge on any atom is 0.0948 e. The lowest BCUT2D eigenvalue weighted by molar-refractivity contribution is 0.136. The molecule has 1 fully saturated rings. The highest BCUT2D eigenvalue weighted by Gasteiger charge is 2.27. The molecule has 2 heteroatoms. The van der Waals surface area contributed by atoms with Crippen molar-refractivity contribution < 1.29 is 5.11 Å². The number of aliphatic hydroxyl groups excluding tert-OH is 1. The predicted molar refractivity (Wildman–Crippen MR) is 80.6 cm³/mol. The fourth-order valence-corrected chi connectivity index (χ4v) is 3.06. The van der Waals surface area contributed by atoms with Crippen LogP contribution in [0.25, 0.3) is 0 Å². The van der Waals surface area contributed by atoms with Crippen molar-refractivity contribution in [1.29, 1.82) is 0 Å². The first kappa shape index (κ1) is 14.5. The van der Waals surface area contributed by atoms with Gasteiger partial charge in [-0.1, -0.05) is 32.9 Å². The highest BCUT2D eigenvalue weighted by molar-refractivity contribution is 5.42. The van der Waals surface area contributed by atoms with Gasteiger partial charge in [-0.15, -0.1) is 0 Å². The van der Waals surface area contributed by atoms with Gasteiger partial charge in [0.25, 0.3) is 0 Å². The quantitative estimate of drug-likeness (QED) is 0.855. The van der Waals surface area contributed by atoms with Crippen LogP contribution in [-0.2, 0) is 5.41 Å². The van der Waals surface area contributed by atoms with Gasteiger partial charge in [-0.3, -0.25) is 0 Å². The van der Waals surface area contributed by atoms with Crippen LogP contribution in [0.1, 0.15) is 62.0 Å². The Morgan fingerprint density at radius 2 is 1.79 bits per heavy atom. The second-order valence-corrected chi connectivity index (χ2v) is 6.92. The van der Waals surface area contributed by atoms with Gasteiger partial charge in [0.1, 0.15) is 0 Å². The standard InChI is InChI=1S/C17H27NO/c1-11-9-13(17(3,4)5)10-12(2)15(11)16(19)14-7-6-8-18-14/h9-10,14,16,18-19H,6-8H2,1-5H3.